The Morgan fingerprint density at radius 3 is 2.56 bits per heavy atom. The molecule has 27 heavy (non-hydrogen) atoms. The fourth-order valence-corrected chi connectivity index (χ4v) is 3.42. The number of fused-ring (bicyclic) bond motifs is 1. The molecule has 2 heterocycles. The van der Waals surface area contributed by atoms with E-state index in [0.717, 1.165) is 16.7 Å². The van der Waals surface area contributed by atoms with Crippen LogP contribution in [0.4, 0.5) is 5.13 Å². The average molecular weight is 385 g/mol. The Morgan fingerprint density at radius 1 is 1.11 bits per heavy atom. The van der Waals surface area contributed by atoms with Gasteiger partial charge in [-0.3, -0.25) is 4.79 Å². The smallest absolute Gasteiger partial charge is 0.226 e. The van der Waals surface area contributed by atoms with Gasteiger partial charge in [0.05, 0.1) is 25.4 Å². The van der Waals surface area contributed by atoms with Crippen LogP contribution in [-0.4, -0.2) is 30.1 Å². The van der Waals surface area contributed by atoms with Gasteiger partial charge in [0, 0.05) is 29.3 Å². The van der Waals surface area contributed by atoms with E-state index < -0.39 is 0 Å². The summed E-state index contributed by atoms with van der Waals surface area (Å²) in [5.74, 6) is 1.39. The second kappa shape index (κ2) is 7.52. The van der Waals surface area contributed by atoms with Crippen LogP contribution in [0.1, 0.15) is 27.2 Å². The predicted molar refractivity (Wildman–Crippen MR) is 109 cm³/mol. The van der Waals surface area contributed by atoms with Crippen molar-refractivity contribution in [2.45, 2.75) is 27.2 Å². The lowest BCUT2D eigenvalue weighted by molar-refractivity contribution is -0.117. The summed E-state index contributed by atoms with van der Waals surface area (Å²) in [4.78, 5) is 21.3. The van der Waals surface area contributed by atoms with Gasteiger partial charge < -0.3 is 14.8 Å². The maximum absolute atomic E-state index is 12.1. The number of aromatic nitrogens is 2. The van der Waals surface area contributed by atoms with Crippen molar-refractivity contribution in [3.05, 3.63) is 29.6 Å². The Hall–Kier alpha value is -2.67. The monoisotopic (exact) mass is 385 g/mol. The molecule has 1 aromatic carbocycles. The zero-order valence-corrected chi connectivity index (χ0v) is 16.9. The van der Waals surface area contributed by atoms with Crippen LogP contribution in [0.25, 0.3) is 22.3 Å². The van der Waals surface area contributed by atoms with Gasteiger partial charge in [-0.1, -0.05) is 20.8 Å². The molecular weight excluding hydrogens is 362 g/mol. The minimum atomic E-state index is -0.0729. The lowest BCUT2D eigenvalue weighted by Gasteiger charge is -2.16. The van der Waals surface area contributed by atoms with Gasteiger partial charge in [0.2, 0.25) is 5.91 Å². The Labute approximate surface area is 162 Å². The number of methoxy groups -OCH3 is 2. The number of pyridine rings is 1. The third-order valence-electron chi connectivity index (χ3n) is 3.90. The Kier molecular flexibility index (Phi) is 5.32. The fourth-order valence-electron chi connectivity index (χ4n) is 2.70. The van der Waals surface area contributed by atoms with Crippen LogP contribution >= 0.6 is 11.3 Å². The summed E-state index contributed by atoms with van der Waals surface area (Å²) < 4.78 is 10.8. The van der Waals surface area contributed by atoms with E-state index >= 15 is 0 Å². The molecule has 2 aromatic heterocycles. The van der Waals surface area contributed by atoms with E-state index in [1.54, 1.807) is 14.2 Å². The maximum atomic E-state index is 12.1. The number of hydrogen-bond donors (Lipinski definition) is 1. The van der Waals surface area contributed by atoms with E-state index in [1.807, 2.05) is 50.4 Å². The number of nitrogens with one attached hydrogen (secondary N) is 1. The van der Waals surface area contributed by atoms with Crippen LogP contribution in [0, 0.1) is 5.41 Å². The molecule has 0 saturated carbocycles. The van der Waals surface area contributed by atoms with Crippen molar-refractivity contribution in [1.82, 2.24) is 9.97 Å². The van der Waals surface area contributed by atoms with Gasteiger partial charge in [-0.15, -0.1) is 11.3 Å². The van der Waals surface area contributed by atoms with E-state index in [4.69, 9.17) is 9.47 Å². The second-order valence-electron chi connectivity index (χ2n) is 7.42. The third kappa shape index (κ3) is 4.54. The van der Waals surface area contributed by atoms with E-state index in [-0.39, 0.29) is 11.3 Å². The molecule has 0 saturated heterocycles. The first-order valence-electron chi connectivity index (χ1n) is 8.57. The van der Waals surface area contributed by atoms with Crippen LogP contribution in [-0.2, 0) is 4.79 Å². The molecule has 0 aliphatic rings. The third-order valence-corrected chi connectivity index (χ3v) is 4.66. The van der Waals surface area contributed by atoms with Crippen molar-refractivity contribution < 1.29 is 14.3 Å². The Bertz CT molecular complexity index is 976. The van der Waals surface area contributed by atoms with Gasteiger partial charge in [-0.05, 0) is 17.5 Å². The molecule has 0 radical (unpaired) electrons. The van der Waals surface area contributed by atoms with Crippen LogP contribution in [0.5, 0.6) is 11.5 Å². The Balaban J connectivity index is 1.91. The van der Waals surface area contributed by atoms with Crippen LogP contribution in [0.15, 0.2) is 29.6 Å². The standard InChI is InChI=1S/C20H23N3O3S/c1-20(2,3)10-18(24)23-19-22-16(11-27-19)15-9-17(26-5)13-7-6-12(25-4)8-14(13)21-15/h6-9,11H,10H2,1-5H3,(H,22,23,24). The topological polar surface area (TPSA) is 73.3 Å². The first-order chi connectivity index (χ1) is 12.8. The minimum absolute atomic E-state index is 0.0443. The molecule has 0 atom stereocenters. The molecule has 1 N–H and O–H groups in total. The van der Waals surface area contributed by atoms with E-state index in [1.165, 1.54) is 11.3 Å². The zero-order chi connectivity index (χ0) is 19.6. The van der Waals surface area contributed by atoms with Crippen molar-refractivity contribution in [3.8, 4) is 22.9 Å². The molecule has 1 amide bonds. The quantitative estimate of drug-likeness (QED) is 0.686. The van der Waals surface area contributed by atoms with Crippen molar-refractivity contribution in [2.24, 2.45) is 5.41 Å². The highest BCUT2D eigenvalue weighted by Gasteiger charge is 2.18. The average Bonchev–Trinajstić information content (AvgIpc) is 3.06. The summed E-state index contributed by atoms with van der Waals surface area (Å²) in [5, 5.41) is 6.20. The highest BCUT2D eigenvalue weighted by Crippen LogP contribution is 2.33. The lowest BCUT2D eigenvalue weighted by Crippen LogP contribution is -2.19. The Morgan fingerprint density at radius 2 is 1.89 bits per heavy atom. The number of nitrogens with zero attached hydrogens (tertiary/aromatic N) is 2. The summed E-state index contributed by atoms with van der Waals surface area (Å²) in [5.41, 5.74) is 2.06. The molecular formula is C20H23N3O3S. The predicted octanol–water partition coefficient (Wildman–Crippen LogP) is 4.75. The van der Waals surface area contributed by atoms with Gasteiger partial charge in [-0.2, -0.15) is 0 Å². The summed E-state index contributed by atoms with van der Waals surface area (Å²) >= 11 is 1.38. The van der Waals surface area contributed by atoms with E-state index in [0.29, 0.717) is 28.7 Å². The first-order valence-corrected chi connectivity index (χ1v) is 9.45. The number of hydrogen-bond acceptors (Lipinski definition) is 6. The van der Waals surface area contributed by atoms with Crippen molar-refractivity contribution in [2.75, 3.05) is 19.5 Å². The van der Waals surface area contributed by atoms with E-state index in [9.17, 15) is 4.79 Å². The maximum Gasteiger partial charge on any atom is 0.226 e. The first kappa shape index (κ1) is 19.1. The molecule has 0 aliphatic carbocycles. The minimum Gasteiger partial charge on any atom is -0.497 e. The van der Waals surface area contributed by atoms with Gasteiger partial charge in [0.15, 0.2) is 5.13 Å². The van der Waals surface area contributed by atoms with Crippen molar-refractivity contribution in [1.29, 1.82) is 0 Å². The highest BCUT2D eigenvalue weighted by atomic mass is 32.1. The highest BCUT2D eigenvalue weighted by molar-refractivity contribution is 7.14. The zero-order valence-electron chi connectivity index (χ0n) is 16.1. The van der Waals surface area contributed by atoms with Gasteiger partial charge in [0.25, 0.3) is 0 Å². The van der Waals surface area contributed by atoms with Gasteiger partial charge in [0.1, 0.15) is 17.2 Å². The SMILES string of the molecule is COc1ccc2c(OC)cc(-c3csc(NC(=O)CC(C)(C)C)n3)nc2c1. The molecule has 0 unspecified atom stereocenters. The molecule has 3 rings (SSSR count). The summed E-state index contributed by atoms with van der Waals surface area (Å²) in [7, 11) is 3.25. The number of carbonyl (C=O) groups is 1. The van der Waals surface area contributed by atoms with Gasteiger partial charge in [-0.25, -0.2) is 9.97 Å². The van der Waals surface area contributed by atoms with Crippen LogP contribution in [0.3, 0.4) is 0 Å². The van der Waals surface area contributed by atoms with Crippen molar-refractivity contribution in [3.63, 3.8) is 0 Å². The molecule has 0 aliphatic heterocycles. The van der Waals surface area contributed by atoms with Crippen LogP contribution in [0.2, 0.25) is 0 Å². The van der Waals surface area contributed by atoms with Gasteiger partial charge >= 0.3 is 0 Å². The van der Waals surface area contributed by atoms with E-state index in [2.05, 4.69) is 15.3 Å². The largest absolute Gasteiger partial charge is 0.497 e. The summed E-state index contributed by atoms with van der Waals surface area (Å²) in [6.07, 6.45) is 0.434. The molecule has 0 spiro atoms. The molecule has 0 bridgehead atoms. The number of ether oxygens (including phenoxy) is 2. The fraction of sp³-hybridized carbons (Fsp3) is 0.350. The number of anilines is 1. The normalized spacial score (nSPS) is 11.4. The number of rotatable bonds is 5. The lowest BCUT2D eigenvalue weighted by atomic mass is 9.92. The molecule has 7 heteroatoms. The van der Waals surface area contributed by atoms with Crippen molar-refractivity contribution >= 4 is 33.3 Å². The number of benzene rings is 1. The summed E-state index contributed by atoms with van der Waals surface area (Å²) in [6.45, 7) is 6.08. The molecule has 142 valence electrons. The second-order valence-corrected chi connectivity index (χ2v) is 8.27. The van der Waals surface area contributed by atoms with Crippen LogP contribution < -0.4 is 14.8 Å². The number of carbonyl (C=O) groups excluding carboxylic acids is 1. The molecule has 6 nitrogen and oxygen atoms in total. The number of thiazole rings is 1. The number of amides is 1. The molecule has 0 fully saturated rings. The summed E-state index contributed by atoms with van der Waals surface area (Å²) in [6, 6.07) is 7.51. The molecule has 3 aromatic rings.